The SMILES string of the molecule is O=C(Cn1nc(N2CCC3(CCC3)C2)ccc1=O)Nc1ccc2scnc2c1. The summed E-state index contributed by atoms with van der Waals surface area (Å²) in [6.07, 6.45) is 5.07. The molecule has 1 aliphatic carbocycles. The number of amides is 1. The van der Waals surface area contributed by atoms with Gasteiger partial charge in [-0.2, -0.15) is 5.10 Å². The van der Waals surface area contributed by atoms with Crippen molar-refractivity contribution in [1.29, 1.82) is 0 Å². The number of nitrogens with zero attached hydrogens (tertiary/aromatic N) is 4. The lowest BCUT2D eigenvalue weighted by Crippen LogP contribution is -2.35. The van der Waals surface area contributed by atoms with Gasteiger partial charge in [-0.15, -0.1) is 11.3 Å². The lowest BCUT2D eigenvalue weighted by Gasteiger charge is -2.38. The van der Waals surface area contributed by atoms with Gasteiger partial charge in [0.25, 0.3) is 5.56 Å². The van der Waals surface area contributed by atoms with Crippen LogP contribution in [0.2, 0.25) is 0 Å². The van der Waals surface area contributed by atoms with Gasteiger partial charge in [0.05, 0.1) is 15.7 Å². The van der Waals surface area contributed by atoms with Gasteiger partial charge in [-0.25, -0.2) is 9.67 Å². The molecule has 1 saturated carbocycles. The maximum absolute atomic E-state index is 12.5. The molecule has 2 aliphatic rings. The Bertz CT molecular complexity index is 1100. The molecule has 0 radical (unpaired) electrons. The number of thiazole rings is 1. The predicted molar refractivity (Wildman–Crippen MR) is 110 cm³/mol. The summed E-state index contributed by atoms with van der Waals surface area (Å²) in [5, 5.41) is 7.29. The molecule has 3 aromatic rings. The van der Waals surface area contributed by atoms with Gasteiger partial charge in [-0.1, -0.05) is 6.42 Å². The standard InChI is InChI=1S/C20H21N5O2S/c26-18(22-14-2-3-16-15(10-14)21-13-28-16)11-25-19(27)5-4-17(23-25)24-9-8-20(12-24)6-1-7-20/h2-5,10,13H,1,6-9,11-12H2,(H,22,26). The van der Waals surface area contributed by atoms with Crippen LogP contribution in [0.4, 0.5) is 11.5 Å². The van der Waals surface area contributed by atoms with Crippen molar-refractivity contribution in [3.8, 4) is 0 Å². The second-order valence-corrected chi connectivity index (χ2v) is 8.68. The molecule has 28 heavy (non-hydrogen) atoms. The molecule has 5 rings (SSSR count). The Morgan fingerprint density at radius 1 is 1.21 bits per heavy atom. The molecule has 2 fully saturated rings. The second-order valence-electron chi connectivity index (χ2n) is 7.80. The van der Waals surface area contributed by atoms with Crippen molar-refractivity contribution in [3.05, 3.63) is 46.2 Å². The summed E-state index contributed by atoms with van der Waals surface area (Å²) < 4.78 is 2.32. The van der Waals surface area contributed by atoms with E-state index >= 15 is 0 Å². The largest absolute Gasteiger partial charge is 0.355 e. The highest BCUT2D eigenvalue weighted by atomic mass is 32.1. The van der Waals surface area contributed by atoms with E-state index in [1.165, 1.54) is 36.4 Å². The fourth-order valence-electron chi connectivity index (χ4n) is 4.21. The smallest absolute Gasteiger partial charge is 0.267 e. The van der Waals surface area contributed by atoms with Gasteiger partial charge in [-0.05, 0) is 48.9 Å². The van der Waals surface area contributed by atoms with E-state index in [4.69, 9.17) is 0 Å². The topological polar surface area (TPSA) is 80.1 Å². The highest BCUT2D eigenvalue weighted by Gasteiger charge is 2.43. The molecule has 1 saturated heterocycles. The highest BCUT2D eigenvalue weighted by molar-refractivity contribution is 7.16. The molecule has 0 unspecified atom stereocenters. The van der Waals surface area contributed by atoms with Crippen LogP contribution in [0.15, 0.2) is 40.6 Å². The van der Waals surface area contributed by atoms with Crippen molar-refractivity contribution in [2.75, 3.05) is 23.3 Å². The van der Waals surface area contributed by atoms with Gasteiger partial charge < -0.3 is 10.2 Å². The zero-order valence-electron chi connectivity index (χ0n) is 15.4. The number of fused-ring (bicyclic) bond motifs is 1. The fraction of sp³-hybridized carbons (Fsp3) is 0.400. The van der Waals surface area contributed by atoms with E-state index in [1.807, 2.05) is 18.2 Å². The Balaban J connectivity index is 1.30. The van der Waals surface area contributed by atoms with Gasteiger partial charge in [0.1, 0.15) is 12.4 Å². The third-order valence-electron chi connectivity index (χ3n) is 5.94. The molecule has 144 valence electrons. The Hall–Kier alpha value is -2.74. The third-order valence-corrected chi connectivity index (χ3v) is 6.75. The van der Waals surface area contributed by atoms with Crippen LogP contribution >= 0.6 is 11.3 Å². The maximum atomic E-state index is 12.5. The molecule has 2 aromatic heterocycles. The first-order valence-corrected chi connectivity index (χ1v) is 10.4. The summed E-state index contributed by atoms with van der Waals surface area (Å²) in [6, 6.07) is 8.87. The Kier molecular flexibility index (Phi) is 4.16. The van der Waals surface area contributed by atoms with Crippen molar-refractivity contribution in [1.82, 2.24) is 14.8 Å². The zero-order chi connectivity index (χ0) is 19.1. The zero-order valence-corrected chi connectivity index (χ0v) is 16.2. The van der Waals surface area contributed by atoms with E-state index in [9.17, 15) is 9.59 Å². The quantitative estimate of drug-likeness (QED) is 0.735. The van der Waals surface area contributed by atoms with Crippen LogP contribution in [-0.2, 0) is 11.3 Å². The molecule has 0 atom stereocenters. The number of hydrogen-bond acceptors (Lipinski definition) is 6. The molecular weight excluding hydrogens is 374 g/mol. The molecule has 1 spiro atoms. The average molecular weight is 395 g/mol. The molecule has 0 bridgehead atoms. The van der Waals surface area contributed by atoms with Crippen LogP contribution in [0.3, 0.4) is 0 Å². The molecular formula is C20H21N5O2S. The summed E-state index contributed by atoms with van der Waals surface area (Å²) in [4.78, 5) is 31.2. The van der Waals surface area contributed by atoms with Gasteiger partial charge in [0.15, 0.2) is 0 Å². The van der Waals surface area contributed by atoms with E-state index in [1.54, 1.807) is 22.9 Å². The van der Waals surface area contributed by atoms with E-state index in [-0.39, 0.29) is 18.0 Å². The van der Waals surface area contributed by atoms with Crippen LogP contribution in [0.5, 0.6) is 0 Å². The van der Waals surface area contributed by atoms with Crippen LogP contribution in [-0.4, -0.2) is 33.8 Å². The minimum atomic E-state index is -0.279. The lowest BCUT2D eigenvalue weighted by atomic mass is 9.68. The Labute approximate surface area is 166 Å². The number of nitrogens with one attached hydrogen (secondary N) is 1. The van der Waals surface area contributed by atoms with Gasteiger partial charge >= 0.3 is 0 Å². The first kappa shape index (κ1) is 17.4. The first-order valence-electron chi connectivity index (χ1n) is 9.57. The number of carbonyl (C=O) groups is 1. The number of hydrogen-bond donors (Lipinski definition) is 1. The van der Waals surface area contributed by atoms with E-state index in [0.717, 1.165) is 29.1 Å². The van der Waals surface area contributed by atoms with E-state index in [2.05, 4.69) is 20.3 Å². The van der Waals surface area contributed by atoms with Crippen molar-refractivity contribution in [2.45, 2.75) is 32.2 Å². The normalized spacial score (nSPS) is 17.8. The Morgan fingerprint density at radius 2 is 2.11 bits per heavy atom. The molecule has 3 heterocycles. The van der Waals surface area contributed by atoms with E-state index < -0.39 is 0 Å². The summed E-state index contributed by atoms with van der Waals surface area (Å²) >= 11 is 1.55. The summed E-state index contributed by atoms with van der Waals surface area (Å²) in [5.41, 5.74) is 3.47. The van der Waals surface area contributed by atoms with Gasteiger partial charge in [0, 0.05) is 24.8 Å². The fourth-order valence-corrected chi connectivity index (χ4v) is 4.87. The van der Waals surface area contributed by atoms with Crippen molar-refractivity contribution in [2.24, 2.45) is 5.41 Å². The number of anilines is 2. The van der Waals surface area contributed by atoms with Crippen molar-refractivity contribution >= 4 is 39.0 Å². The molecule has 1 aliphatic heterocycles. The number of aromatic nitrogens is 3. The van der Waals surface area contributed by atoms with Crippen LogP contribution in [0, 0.1) is 5.41 Å². The molecule has 1 amide bonds. The predicted octanol–water partition coefficient (Wildman–Crippen LogP) is 2.87. The highest BCUT2D eigenvalue weighted by Crippen LogP contribution is 2.48. The van der Waals surface area contributed by atoms with Crippen molar-refractivity contribution < 1.29 is 4.79 Å². The second kappa shape index (κ2) is 6.70. The first-order chi connectivity index (χ1) is 13.6. The van der Waals surface area contributed by atoms with Crippen LogP contribution < -0.4 is 15.8 Å². The molecule has 1 aromatic carbocycles. The maximum Gasteiger partial charge on any atom is 0.267 e. The molecule has 1 N–H and O–H groups in total. The van der Waals surface area contributed by atoms with Gasteiger partial charge in [0.2, 0.25) is 5.91 Å². The summed E-state index contributed by atoms with van der Waals surface area (Å²) in [6.45, 7) is 1.85. The van der Waals surface area contributed by atoms with Crippen molar-refractivity contribution in [3.63, 3.8) is 0 Å². The number of benzene rings is 1. The third kappa shape index (κ3) is 3.17. The lowest BCUT2D eigenvalue weighted by molar-refractivity contribution is -0.117. The molecule has 8 heteroatoms. The Morgan fingerprint density at radius 3 is 2.89 bits per heavy atom. The van der Waals surface area contributed by atoms with Gasteiger partial charge in [-0.3, -0.25) is 9.59 Å². The monoisotopic (exact) mass is 395 g/mol. The summed E-state index contributed by atoms with van der Waals surface area (Å²) in [5.74, 6) is 0.498. The van der Waals surface area contributed by atoms with Crippen LogP contribution in [0.25, 0.3) is 10.2 Å². The minimum Gasteiger partial charge on any atom is -0.355 e. The number of carbonyl (C=O) groups excluding carboxylic acids is 1. The van der Waals surface area contributed by atoms with Crippen LogP contribution in [0.1, 0.15) is 25.7 Å². The number of rotatable bonds is 4. The molecule has 7 nitrogen and oxygen atoms in total. The average Bonchev–Trinajstić information content (AvgIpc) is 3.30. The summed E-state index contributed by atoms with van der Waals surface area (Å²) in [7, 11) is 0. The van der Waals surface area contributed by atoms with E-state index in [0.29, 0.717) is 11.1 Å². The minimum absolute atomic E-state index is 0.110.